The van der Waals surface area contributed by atoms with E-state index in [2.05, 4.69) is 48.1 Å². The van der Waals surface area contributed by atoms with E-state index in [9.17, 15) is 5.11 Å². The maximum atomic E-state index is 10.3. The lowest BCUT2D eigenvalue weighted by Crippen LogP contribution is -2.57. The summed E-state index contributed by atoms with van der Waals surface area (Å²) in [6, 6.07) is 18.3. The van der Waals surface area contributed by atoms with Gasteiger partial charge in [-0.2, -0.15) is 0 Å². The van der Waals surface area contributed by atoms with Gasteiger partial charge in [0.05, 0.1) is 12.3 Å². The molecule has 0 bridgehead atoms. The molecule has 2 aromatic carbocycles. The molecule has 0 aliphatic carbocycles. The molecule has 0 radical (unpaired) electrons. The zero-order chi connectivity index (χ0) is 17.9. The molecule has 1 aliphatic rings. The minimum atomic E-state index is -1.57. The molecule has 3 nitrogen and oxygen atoms in total. The van der Waals surface area contributed by atoms with Crippen molar-refractivity contribution in [2.75, 3.05) is 18.1 Å². The number of aliphatic hydroxyl groups is 1. The standard InChI is InChI=1S/C21H25NO2Si/c1-25(2,3)14-13-21(16-23)17-24-20-12-8-7-11-19(20)22(21)15-18-9-5-4-6-10-18/h4-12,23H,15-17H2,1-3H3/t21-/m1/s1. The van der Waals surface area contributed by atoms with Gasteiger partial charge in [-0.1, -0.05) is 68.0 Å². The Morgan fingerprint density at radius 2 is 1.76 bits per heavy atom. The van der Waals surface area contributed by atoms with Gasteiger partial charge in [0.25, 0.3) is 0 Å². The lowest BCUT2D eigenvalue weighted by atomic mass is 9.96. The van der Waals surface area contributed by atoms with Crippen molar-refractivity contribution in [3.05, 3.63) is 60.2 Å². The van der Waals surface area contributed by atoms with Crippen molar-refractivity contribution in [1.29, 1.82) is 0 Å². The number of aliphatic hydroxyl groups excluding tert-OH is 1. The van der Waals surface area contributed by atoms with Crippen molar-refractivity contribution in [2.45, 2.75) is 31.7 Å². The Labute approximate surface area is 151 Å². The van der Waals surface area contributed by atoms with Crippen LogP contribution in [0.4, 0.5) is 5.69 Å². The van der Waals surface area contributed by atoms with Crippen LogP contribution in [-0.4, -0.2) is 31.9 Å². The van der Waals surface area contributed by atoms with Gasteiger partial charge in [0.1, 0.15) is 20.4 Å². The Morgan fingerprint density at radius 1 is 1.08 bits per heavy atom. The first-order valence-electron chi connectivity index (χ1n) is 8.62. The molecular formula is C21H25NO2Si. The van der Waals surface area contributed by atoms with Crippen LogP contribution in [0.1, 0.15) is 5.56 Å². The molecular weight excluding hydrogens is 326 g/mol. The lowest BCUT2D eigenvalue weighted by molar-refractivity contribution is 0.148. The third kappa shape index (κ3) is 3.89. The van der Waals surface area contributed by atoms with Gasteiger partial charge in [0, 0.05) is 6.54 Å². The van der Waals surface area contributed by atoms with Crippen LogP contribution in [0.5, 0.6) is 5.75 Å². The van der Waals surface area contributed by atoms with E-state index in [1.54, 1.807) is 0 Å². The van der Waals surface area contributed by atoms with Gasteiger partial charge in [0.15, 0.2) is 5.54 Å². The summed E-state index contributed by atoms with van der Waals surface area (Å²) >= 11 is 0. The smallest absolute Gasteiger partial charge is 0.159 e. The quantitative estimate of drug-likeness (QED) is 0.676. The van der Waals surface area contributed by atoms with E-state index in [0.717, 1.165) is 11.4 Å². The Balaban J connectivity index is 2.07. The Bertz CT molecular complexity index is 789. The van der Waals surface area contributed by atoms with Crippen LogP contribution in [0, 0.1) is 11.5 Å². The van der Waals surface area contributed by atoms with Crippen molar-refractivity contribution in [3.8, 4) is 17.2 Å². The maximum absolute atomic E-state index is 10.3. The molecule has 0 saturated heterocycles. The molecule has 0 aromatic heterocycles. The second-order valence-electron chi connectivity index (χ2n) is 7.52. The number of fused-ring (bicyclic) bond motifs is 1. The van der Waals surface area contributed by atoms with Gasteiger partial charge in [-0.25, -0.2) is 0 Å². The summed E-state index contributed by atoms with van der Waals surface area (Å²) in [4.78, 5) is 2.20. The summed E-state index contributed by atoms with van der Waals surface area (Å²) in [6.07, 6.45) is 0. The van der Waals surface area contributed by atoms with Gasteiger partial charge in [-0.05, 0) is 17.7 Å². The fraction of sp³-hybridized carbons (Fsp3) is 0.333. The largest absolute Gasteiger partial charge is 0.488 e. The molecule has 0 saturated carbocycles. The minimum Gasteiger partial charge on any atom is -0.488 e. The van der Waals surface area contributed by atoms with E-state index in [-0.39, 0.29) is 6.61 Å². The van der Waals surface area contributed by atoms with E-state index in [0.29, 0.717) is 13.2 Å². The number of benzene rings is 2. The highest BCUT2D eigenvalue weighted by Crippen LogP contribution is 2.39. The molecule has 1 N–H and O–H groups in total. The summed E-state index contributed by atoms with van der Waals surface area (Å²) in [7, 11) is -1.57. The molecule has 2 aromatic rings. The van der Waals surface area contributed by atoms with Crippen molar-refractivity contribution >= 4 is 13.8 Å². The fourth-order valence-corrected chi connectivity index (χ4v) is 3.50. The molecule has 4 heteroatoms. The van der Waals surface area contributed by atoms with Crippen LogP contribution in [0.15, 0.2) is 54.6 Å². The molecule has 1 heterocycles. The predicted molar refractivity (Wildman–Crippen MR) is 106 cm³/mol. The van der Waals surface area contributed by atoms with Crippen molar-refractivity contribution in [3.63, 3.8) is 0 Å². The van der Waals surface area contributed by atoms with Gasteiger partial charge < -0.3 is 14.7 Å². The third-order valence-corrected chi connectivity index (χ3v) is 5.13. The summed E-state index contributed by atoms with van der Waals surface area (Å²) in [6.45, 7) is 7.62. The fourth-order valence-electron chi connectivity index (χ4n) is 2.89. The first-order valence-corrected chi connectivity index (χ1v) is 12.1. The zero-order valence-corrected chi connectivity index (χ0v) is 16.1. The van der Waals surface area contributed by atoms with Crippen LogP contribution >= 0.6 is 0 Å². The van der Waals surface area contributed by atoms with Crippen LogP contribution in [0.3, 0.4) is 0 Å². The van der Waals surface area contributed by atoms with Crippen LogP contribution in [0.25, 0.3) is 0 Å². The first kappa shape index (κ1) is 17.6. The zero-order valence-electron chi connectivity index (χ0n) is 15.1. The molecule has 25 heavy (non-hydrogen) atoms. The van der Waals surface area contributed by atoms with Gasteiger partial charge in [-0.3, -0.25) is 0 Å². The molecule has 1 atom stereocenters. The number of hydrogen-bond acceptors (Lipinski definition) is 3. The topological polar surface area (TPSA) is 32.7 Å². The van der Waals surface area contributed by atoms with Gasteiger partial charge in [0.2, 0.25) is 0 Å². The number of rotatable bonds is 3. The molecule has 0 unspecified atom stereocenters. The SMILES string of the molecule is C[Si](C)(C)C#C[C@@]1(CO)COc2ccccc2N1Cc1ccccc1. The molecule has 3 rings (SSSR count). The second kappa shape index (κ2) is 6.95. The first-order chi connectivity index (χ1) is 11.9. The highest BCUT2D eigenvalue weighted by molar-refractivity contribution is 6.83. The predicted octanol–water partition coefficient (Wildman–Crippen LogP) is 3.70. The van der Waals surface area contributed by atoms with E-state index in [1.807, 2.05) is 42.5 Å². The Kier molecular flexibility index (Phi) is 4.89. The van der Waals surface area contributed by atoms with Crippen LogP contribution in [-0.2, 0) is 6.54 Å². The summed E-state index contributed by atoms with van der Waals surface area (Å²) in [5.41, 5.74) is 4.89. The van der Waals surface area contributed by atoms with Gasteiger partial charge in [-0.15, -0.1) is 5.54 Å². The van der Waals surface area contributed by atoms with Crippen LogP contribution < -0.4 is 9.64 Å². The molecule has 0 spiro atoms. The van der Waals surface area contributed by atoms with Crippen LogP contribution in [0.2, 0.25) is 19.6 Å². The highest BCUT2D eigenvalue weighted by Gasteiger charge is 2.41. The van der Waals surface area contributed by atoms with E-state index >= 15 is 0 Å². The number of para-hydroxylation sites is 2. The molecule has 0 amide bonds. The molecule has 130 valence electrons. The normalized spacial score (nSPS) is 19.4. The van der Waals surface area contributed by atoms with E-state index in [1.165, 1.54) is 5.56 Å². The number of anilines is 1. The van der Waals surface area contributed by atoms with Crippen molar-refractivity contribution in [1.82, 2.24) is 0 Å². The maximum Gasteiger partial charge on any atom is 0.159 e. The number of hydrogen-bond donors (Lipinski definition) is 1. The van der Waals surface area contributed by atoms with Gasteiger partial charge >= 0.3 is 0 Å². The minimum absolute atomic E-state index is 0.0638. The van der Waals surface area contributed by atoms with E-state index < -0.39 is 13.6 Å². The average molecular weight is 352 g/mol. The number of nitrogens with zero attached hydrogens (tertiary/aromatic N) is 1. The molecule has 0 fully saturated rings. The van der Waals surface area contributed by atoms with Crippen molar-refractivity contribution < 1.29 is 9.84 Å². The van der Waals surface area contributed by atoms with E-state index in [4.69, 9.17) is 4.74 Å². The summed E-state index contributed by atoms with van der Waals surface area (Å²) < 4.78 is 5.97. The monoisotopic (exact) mass is 351 g/mol. The Hall–Kier alpha value is -2.22. The Morgan fingerprint density at radius 3 is 2.44 bits per heavy atom. The average Bonchev–Trinajstić information content (AvgIpc) is 2.61. The third-order valence-electron chi connectivity index (χ3n) is 4.25. The summed E-state index contributed by atoms with van der Waals surface area (Å²) in [5, 5.41) is 10.3. The lowest BCUT2D eigenvalue weighted by Gasteiger charge is -2.45. The highest BCUT2D eigenvalue weighted by atomic mass is 28.3. The van der Waals surface area contributed by atoms with Crippen molar-refractivity contribution in [2.24, 2.45) is 0 Å². The summed E-state index contributed by atoms with van der Waals surface area (Å²) in [5.74, 6) is 4.24. The molecule has 1 aliphatic heterocycles. The second-order valence-corrected chi connectivity index (χ2v) is 12.3. The number of ether oxygens (including phenoxy) is 1.